The maximum Gasteiger partial charge on any atom is 0.174 e. The summed E-state index contributed by atoms with van der Waals surface area (Å²) in [5, 5.41) is 5.17. The Bertz CT molecular complexity index is 914. The van der Waals surface area contributed by atoms with Gasteiger partial charge in [-0.2, -0.15) is 5.10 Å². The summed E-state index contributed by atoms with van der Waals surface area (Å²) >= 11 is 5.91. The Morgan fingerprint density at radius 1 is 1.00 bits per heavy atom. The number of nitrogens with zero attached hydrogens (tertiary/aromatic N) is 7. The van der Waals surface area contributed by atoms with Crippen LogP contribution >= 0.6 is 11.6 Å². The van der Waals surface area contributed by atoms with Gasteiger partial charge < -0.3 is 4.90 Å². The number of rotatable bonds is 4. The Morgan fingerprint density at radius 3 is 2.44 bits per heavy atom. The molecule has 0 radical (unpaired) electrons. The molecule has 0 amide bonds. The van der Waals surface area contributed by atoms with Crippen molar-refractivity contribution in [3.63, 3.8) is 0 Å². The van der Waals surface area contributed by atoms with Gasteiger partial charge in [-0.3, -0.25) is 14.9 Å². The molecule has 0 saturated carbocycles. The monoisotopic (exact) mass is 383 g/mol. The molecule has 0 aliphatic carbocycles. The highest BCUT2D eigenvalue weighted by atomic mass is 35.5. The second-order valence-electron chi connectivity index (χ2n) is 6.81. The van der Waals surface area contributed by atoms with Gasteiger partial charge in [0, 0.05) is 44.6 Å². The van der Waals surface area contributed by atoms with Crippen LogP contribution in [0.5, 0.6) is 0 Å². The first-order valence-electron chi connectivity index (χ1n) is 9.02. The van der Waals surface area contributed by atoms with E-state index in [1.807, 2.05) is 42.9 Å². The molecule has 0 bridgehead atoms. The van der Waals surface area contributed by atoms with E-state index >= 15 is 0 Å². The van der Waals surface area contributed by atoms with Gasteiger partial charge >= 0.3 is 0 Å². The van der Waals surface area contributed by atoms with Gasteiger partial charge in [-0.1, -0.05) is 11.6 Å². The number of pyridine rings is 1. The van der Waals surface area contributed by atoms with Gasteiger partial charge in [0.25, 0.3) is 0 Å². The van der Waals surface area contributed by atoms with E-state index in [2.05, 4.69) is 24.9 Å². The molecule has 4 heterocycles. The number of aromatic nitrogens is 5. The zero-order chi connectivity index (χ0) is 18.8. The third kappa shape index (κ3) is 4.09. The van der Waals surface area contributed by atoms with Crippen molar-refractivity contribution in [1.29, 1.82) is 0 Å². The first kappa shape index (κ1) is 17.9. The van der Waals surface area contributed by atoms with Gasteiger partial charge in [0.1, 0.15) is 5.82 Å². The maximum absolute atomic E-state index is 5.91. The van der Waals surface area contributed by atoms with E-state index in [1.165, 1.54) is 0 Å². The minimum atomic E-state index is 0.671. The second-order valence-corrected chi connectivity index (χ2v) is 7.24. The fraction of sp³-hybridized carbons (Fsp3) is 0.368. The molecule has 8 heteroatoms. The summed E-state index contributed by atoms with van der Waals surface area (Å²) < 4.78 is 1.84. The van der Waals surface area contributed by atoms with Crippen LogP contribution in [0.3, 0.4) is 0 Å². The van der Waals surface area contributed by atoms with Crippen LogP contribution in [0.2, 0.25) is 5.02 Å². The van der Waals surface area contributed by atoms with Gasteiger partial charge in [0.15, 0.2) is 5.82 Å². The minimum absolute atomic E-state index is 0.671. The Balaban J connectivity index is 1.41. The average Bonchev–Trinajstić information content (AvgIpc) is 3.02. The van der Waals surface area contributed by atoms with Crippen molar-refractivity contribution in [2.75, 3.05) is 31.1 Å². The second kappa shape index (κ2) is 7.62. The fourth-order valence-electron chi connectivity index (χ4n) is 3.33. The fourth-order valence-corrected chi connectivity index (χ4v) is 3.44. The summed E-state index contributed by atoms with van der Waals surface area (Å²) in [6, 6.07) is 5.91. The molecule has 1 saturated heterocycles. The highest BCUT2D eigenvalue weighted by Crippen LogP contribution is 2.17. The predicted octanol–water partition coefficient (Wildman–Crippen LogP) is 2.65. The minimum Gasteiger partial charge on any atom is -0.353 e. The van der Waals surface area contributed by atoms with Crippen LogP contribution in [0.1, 0.15) is 17.1 Å². The van der Waals surface area contributed by atoms with Crippen molar-refractivity contribution in [1.82, 2.24) is 29.6 Å². The molecule has 1 aliphatic rings. The first-order valence-corrected chi connectivity index (χ1v) is 9.40. The SMILES string of the molecule is Cc1cc(C)n(-c2cncc(N3CCN(Cc4ccc(Cl)cn4)CC3)n2)n1. The molecule has 140 valence electrons. The molecule has 0 unspecified atom stereocenters. The number of anilines is 1. The summed E-state index contributed by atoms with van der Waals surface area (Å²) in [5.74, 6) is 1.65. The van der Waals surface area contributed by atoms with Crippen molar-refractivity contribution < 1.29 is 0 Å². The van der Waals surface area contributed by atoms with E-state index in [0.29, 0.717) is 5.02 Å². The Morgan fingerprint density at radius 2 is 1.78 bits per heavy atom. The summed E-state index contributed by atoms with van der Waals surface area (Å²) in [6.07, 6.45) is 5.28. The van der Waals surface area contributed by atoms with Crippen LogP contribution in [-0.4, -0.2) is 55.8 Å². The number of aryl methyl sites for hydroxylation is 2. The molecular weight excluding hydrogens is 362 g/mol. The highest BCUT2D eigenvalue weighted by Gasteiger charge is 2.19. The summed E-state index contributed by atoms with van der Waals surface area (Å²) in [6.45, 7) is 8.56. The molecule has 0 aromatic carbocycles. The lowest BCUT2D eigenvalue weighted by molar-refractivity contribution is 0.246. The van der Waals surface area contributed by atoms with Crippen LogP contribution in [0, 0.1) is 13.8 Å². The van der Waals surface area contributed by atoms with E-state index in [-0.39, 0.29) is 0 Å². The van der Waals surface area contributed by atoms with E-state index < -0.39 is 0 Å². The Labute approximate surface area is 163 Å². The normalized spacial score (nSPS) is 15.3. The number of hydrogen-bond donors (Lipinski definition) is 0. The van der Waals surface area contributed by atoms with Crippen molar-refractivity contribution in [3.8, 4) is 5.82 Å². The van der Waals surface area contributed by atoms with Gasteiger partial charge in [-0.15, -0.1) is 0 Å². The van der Waals surface area contributed by atoms with Gasteiger partial charge in [-0.05, 0) is 32.0 Å². The van der Waals surface area contributed by atoms with Crippen molar-refractivity contribution >= 4 is 17.4 Å². The zero-order valence-electron chi connectivity index (χ0n) is 15.5. The highest BCUT2D eigenvalue weighted by molar-refractivity contribution is 6.30. The third-order valence-electron chi connectivity index (χ3n) is 4.71. The summed E-state index contributed by atoms with van der Waals surface area (Å²) in [5.41, 5.74) is 3.07. The largest absolute Gasteiger partial charge is 0.353 e. The summed E-state index contributed by atoms with van der Waals surface area (Å²) in [7, 11) is 0. The van der Waals surface area contributed by atoms with Crippen molar-refractivity contribution in [2.45, 2.75) is 20.4 Å². The van der Waals surface area contributed by atoms with Crippen molar-refractivity contribution in [2.24, 2.45) is 0 Å². The van der Waals surface area contributed by atoms with Crippen LogP contribution in [0.25, 0.3) is 5.82 Å². The smallest absolute Gasteiger partial charge is 0.174 e. The molecule has 7 nitrogen and oxygen atoms in total. The molecule has 1 fully saturated rings. The molecule has 3 aromatic rings. The lowest BCUT2D eigenvalue weighted by Gasteiger charge is -2.35. The molecule has 0 atom stereocenters. The number of piperazine rings is 1. The van der Waals surface area contributed by atoms with E-state index in [4.69, 9.17) is 16.6 Å². The average molecular weight is 384 g/mol. The molecular formula is C19H22ClN7. The van der Waals surface area contributed by atoms with Crippen LogP contribution in [0.15, 0.2) is 36.8 Å². The van der Waals surface area contributed by atoms with Gasteiger partial charge in [-0.25, -0.2) is 9.67 Å². The lowest BCUT2D eigenvalue weighted by atomic mass is 10.2. The van der Waals surface area contributed by atoms with Crippen LogP contribution in [0.4, 0.5) is 5.82 Å². The molecule has 4 rings (SSSR count). The van der Waals surface area contributed by atoms with Crippen molar-refractivity contribution in [3.05, 3.63) is 58.9 Å². The van der Waals surface area contributed by atoms with E-state index in [9.17, 15) is 0 Å². The zero-order valence-corrected chi connectivity index (χ0v) is 16.3. The third-order valence-corrected chi connectivity index (χ3v) is 4.93. The molecule has 0 N–H and O–H groups in total. The topological polar surface area (TPSA) is 63.0 Å². The number of halogens is 1. The molecule has 27 heavy (non-hydrogen) atoms. The quantitative estimate of drug-likeness (QED) is 0.690. The van der Waals surface area contributed by atoms with E-state index in [1.54, 1.807) is 12.4 Å². The predicted molar refractivity (Wildman–Crippen MR) is 105 cm³/mol. The number of hydrogen-bond acceptors (Lipinski definition) is 6. The Hall–Kier alpha value is -2.51. The van der Waals surface area contributed by atoms with E-state index in [0.717, 1.165) is 61.4 Å². The van der Waals surface area contributed by atoms with Gasteiger partial charge in [0.2, 0.25) is 0 Å². The molecule has 1 aliphatic heterocycles. The van der Waals surface area contributed by atoms with Gasteiger partial charge in [0.05, 0.1) is 28.8 Å². The maximum atomic E-state index is 5.91. The molecule has 0 spiro atoms. The standard InChI is InChI=1S/C19H22ClN7/c1-14-9-15(2)27(24-14)19-12-21-11-18(23-19)26-7-5-25(6-8-26)13-17-4-3-16(20)10-22-17/h3-4,9-12H,5-8,13H2,1-2H3. The first-order chi connectivity index (χ1) is 13.1. The Kier molecular flexibility index (Phi) is 5.05. The van der Waals surface area contributed by atoms with Crippen LogP contribution in [-0.2, 0) is 6.54 Å². The lowest BCUT2D eigenvalue weighted by Crippen LogP contribution is -2.46. The summed E-state index contributed by atoms with van der Waals surface area (Å²) in [4.78, 5) is 18.2. The van der Waals surface area contributed by atoms with Crippen LogP contribution < -0.4 is 4.90 Å². The molecule has 3 aromatic heterocycles.